The zero-order chi connectivity index (χ0) is 73.4. The molecule has 12 aromatic rings. The molecule has 0 N–H and O–H groups in total. The number of aromatic nitrogens is 2. The van der Waals surface area contributed by atoms with Gasteiger partial charge >= 0.3 is 0 Å². The zero-order valence-electron chi connectivity index (χ0n) is 63.8. The summed E-state index contributed by atoms with van der Waals surface area (Å²) in [5.41, 5.74) is 23.2. The molecule has 0 unspecified atom stereocenters. The molecular formula is C100H108F2N4S. The van der Waals surface area contributed by atoms with E-state index in [9.17, 15) is 0 Å². The van der Waals surface area contributed by atoms with E-state index in [1.165, 1.54) is 158 Å². The maximum Gasteiger partial charge on any atom is 0.169 e. The van der Waals surface area contributed by atoms with Gasteiger partial charge in [0, 0.05) is 56.1 Å². The van der Waals surface area contributed by atoms with Crippen LogP contribution in [0.3, 0.4) is 0 Å². The third kappa shape index (κ3) is 16.0. The zero-order valence-corrected chi connectivity index (χ0v) is 64.7. The topological polar surface area (TPSA) is 32.3 Å². The van der Waals surface area contributed by atoms with E-state index in [1.54, 1.807) is 0 Å². The van der Waals surface area contributed by atoms with Crippen molar-refractivity contribution in [3.63, 3.8) is 0 Å². The van der Waals surface area contributed by atoms with E-state index >= 15 is 8.78 Å². The highest BCUT2D eigenvalue weighted by molar-refractivity contribution is 7.00. The number of benzene rings is 11. The van der Waals surface area contributed by atoms with Crippen LogP contribution in [0.2, 0.25) is 0 Å². The summed E-state index contributed by atoms with van der Waals surface area (Å²) >= 11 is 1.05. The van der Waals surface area contributed by atoms with Crippen LogP contribution in [0, 0.1) is 11.6 Å². The van der Waals surface area contributed by atoms with E-state index < -0.39 is 11.6 Å². The molecule has 1 aromatic heterocycles. The molecule has 0 bridgehead atoms. The number of unbranched alkanes of at least 4 members (excludes halogenated alkanes) is 20. The van der Waals surface area contributed by atoms with Crippen molar-refractivity contribution in [1.29, 1.82) is 0 Å². The number of hydrogen-bond donors (Lipinski definition) is 0. The van der Waals surface area contributed by atoms with E-state index in [2.05, 4.69) is 268 Å². The highest BCUT2D eigenvalue weighted by Gasteiger charge is 2.45. The molecular weight excluding hydrogens is 1330 g/mol. The van der Waals surface area contributed by atoms with Gasteiger partial charge in [-0.25, -0.2) is 8.78 Å². The van der Waals surface area contributed by atoms with Crippen LogP contribution < -0.4 is 9.80 Å². The average Bonchev–Trinajstić information content (AvgIpc) is 1.57. The molecule has 0 spiro atoms. The number of halogens is 2. The quantitative estimate of drug-likeness (QED) is 0.0361. The lowest BCUT2D eigenvalue weighted by Gasteiger charge is -2.33. The molecule has 4 nitrogen and oxygen atoms in total. The van der Waals surface area contributed by atoms with E-state index in [0.717, 1.165) is 134 Å². The van der Waals surface area contributed by atoms with Crippen molar-refractivity contribution in [1.82, 2.24) is 8.75 Å². The third-order valence-corrected chi connectivity index (χ3v) is 24.2. The predicted octanol–water partition coefficient (Wildman–Crippen LogP) is 31.1. The molecule has 548 valence electrons. The number of rotatable bonds is 38. The summed E-state index contributed by atoms with van der Waals surface area (Å²) in [5.74, 6) is -1.73. The molecule has 1 heterocycles. The fourth-order valence-electron chi connectivity index (χ4n) is 18.1. The van der Waals surface area contributed by atoms with Gasteiger partial charge in [0.2, 0.25) is 0 Å². The van der Waals surface area contributed by atoms with Gasteiger partial charge < -0.3 is 9.80 Å². The number of nitrogens with zero attached hydrogens (tertiary/aromatic N) is 4. The Kier molecular flexibility index (Phi) is 24.8. The Labute approximate surface area is 641 Å². The average molecular weight is 1440 g/mol. The van der Waals surface area contributed by atoms with Crippen molar-refractivity contribution >= 4 is 56.9 Å². The minimum Gasteiger partial charge on any atom is -0.311 e. The Morgan fingerprint density at radius 3 is 0.776 bits per heavy atom. The largest absolute Gasteiger partial charge is 0.311 e. The lowest BCUT2D eigenvalue weighted by Crippen LogP contribution is -2.26. The standard InChI is InChI=1S/C100H108F2N4S/c1-5-9-13-17-21-37-65-99(66-38-22-18-14-10-6-2)89-69-75(73-49-57-83(58-50-73)105(79-41-29-25-30-42-79)80-43-31-26-32-44-80)53-61-85(89)87-63-55-77(71-91(87)99)93-95(101)96(102)94(98-97(93)103-107-104-98)78-56-64-88-86-62-54-76(74-51-59-84(60-52-74)106(81-45-33-27-34-46-81)82-47-35-28-36-48-82)70-90(86)100(92(88)72-78,67-39-23-19-15-11-7-3)68-40-24-20-16-12-8-4/h25-36,41-64,69-72H,5-24,37-40,65-68H2,1-4H3. The van der Waals surface area contributed by atoms with Crippen molar-refractivity contribution in [3.8, 4) is 66.8 Å². The fraction of sp³-hybridized carbons (Fsp3) is 0.340. The molecule has 0 radical (unpaired) electrons. The van der Waals surface area contributed by atoms with Crippen LogP contribution in [-0.2, 0) is 10.8 Å². The summed E-state index contributed by atoms with van der Waals surface area (Å²) in [5, 5.41) is 0. The second-order valence-electron chi connectivity index (χ2n) is 30.7. The van der Waals surface area contributed by atoms with Gasteiger partial charge in [0.15, 0.2) is 11.6 Å². The first-order valence-electron chi connectivity index (χ1n) is 41.0. The number of hydrogen-bond acceptors (Lipinski definition) is 5. The normalized spacial score (nSPS) is 13.0. The first-order chi connectivity index (χ1) is 52.8. The van der Waals surface area contributed by atoms with E-state index in [4.69, 9.17) is 8.75 Å². The van der Waals surface area contributed by atoms with Gasteiger partial charge in [-0.1, -0.05) is 327 Å². The van der Waals surface area contributed by atoms with Crippen molar-refractivity contribution in [2.45, 2.75) is 218 Å². The molecule has 14 rings (SSSR count). The van der Waals surface area contributed by atoms with Crippen molar-refractivity contribution in [2.24, 2.45) is 0 Å². The van der Waals surface area contributed by atoms with Crippen LogP contribution in [0.5, 0.6) is 0 Å². The van der Waals surface area contributed by atoms with E-state index in [0.29, 0.717) is 22.2 Å². The highest BCUT2D eigenvalue weighted by Crippen LogP contribution is 2.59. The highest BCUT2D eigenvalue weighted by atomic mass is 32.1. The summed E-state index contributed by atoms with van der Waals surface area (Å²) in [6.45, 7) is 9.16. The molecule has 107 heavy (non-hydrogen) atoms. The molecule has 0 saturated carbocycles. The maximum atomic E-state index is 18.5. The molecule has 11 aromatic carbocycles. The van der Waals surface area contributed by atoms with Gasteiger partial charge in [-0.3, -0.25) is 0 Å². The first kappa shape index (κ1) is 74.6. The molecule has 0 saturated heterocycles. The lowest BCUT2D eigenvalue weighted by atomic mass is 9.69. The second-order valence-corrected chi connectivity index (χ2v) is 31.3. The van der Waals surface area contributed by atoms with Crippen LogP contribution in [0.1, 0.15) is 230 Å². The van der Waals surface area contributed by atoms with Gasteiger partial charge in [0.25, 0.3) is 0 Å². The fourth-order valence-corrected chi connectivity index (χ4v) is 18.7. The summed E-state index contributed by atoms with van der Waals surface area (Å²) < 4.78 is 47.0. The van der Waals surface area contributed by atoms with E-state index in [-0.39, 0.29) is 22.0 Å². The molecule has 2 aliphatic rings. The number of para-hydroxylation sites is 4. The molecule has 0 atom stereocenters. The number of fused-ring (bicyclic) bond motifs is 7. The van der Waals surface area contributed by atoms with Crippen LogP contribution >= 0.6 is 11.7 Å². The maximum absolute atomic E-state index is 18.5. The van der Waals surface area contributed by atoms with Crippen LogP contribution in [0.15, 0.2) is 243 Å². The Bertz CT molecular complexity index is 4440. The Hall–Kier alpha value is -9.30. The Balaban J connectivity index is 0.849. The SMILES string of the molecule is CCCCCCCCC1(CCCCCCCC)c2cc(-c3ccc(N(c4ccccc4)c4ccccc4)cc3)ccc2-c2ccc(-c3c(F)c(F)c(-c4ccc5c(c4)C(CCCCCCCC)(CCCCCCCC)c4cc(-c6ccc(N(c7ccccc7)c7ccccc7)cc6)ccc4-5)c4nsnc34)cc21. The van der Waals surface area contributed by atoms with Crippen molar-refractivity contribution in [2.75, 3.05) is 9.80 Å². The Morgan fingerprint density at radius 2 is 0.495 bits per heavy atom. The van der Waals surface area contributed by atoms with Gasteiger partial charge in [-0.2, -0.15) is 8.75 Å². The summed E-state index contributed by atoms with van der Waals surface area (Å²) in [6, 6.07) is 87.9. The lowest BCUT2D eigenvalue weighted by molar-refractivity contribution is 0.398. The van der Waals surface area contributed by atoms with Crippen molar-refractivity contribution in [3.05, 3.63) is 277 Å². The Morgan fingerprint density at radius 1 is 0.262 bits per heavy atom. The third-order valence-electron chi connectivity index (χ3n) is 23.7. The minimum atomic E-state index is -0.863. The molecule has 7 heteroatoms. The van der Waals surface area contributed by atoms with Gasteiger partial charge in [-0.15, -0.1) is 0 Å². The van der Waals surface area contributed by atoms with Gasteiger partial charge in [0.1, 0.15) is 11.0 Å². The van der Waals surface area contributed by atoms with Crippen molar-refractivity contribution < 1.29 is 8.78 Å². The molecule has 0 aliphatic heterocycles. The minimum absolute atomic E-state index is 0.199. The predicted molar refractivity (Wildman–Crippen MR) is 453 cm³/mol. The molecule has 2 aliphatic carbocycles. The molecule has 0 amide bonds. The van der Waals surface area contributed by atoms with Crippen LogP contribution in [-0.4, -0.2) is 8.75 Å². The smallest absolute Gasteiger partial charge is 0.169 e. The summed E-state index contributed by atoms with van der Waals surface area (Å²) in [4.78, 5) is 4.64. The molecule has 0 fully saturated rings. The van der Waals surface area contributed by atoms with E-state index in [1.807, 2.05) is 12.1 Å². The summed E-state index contributed by atoms with van der Waals surface area (Å²) in [6.07, 6.45) is 32.5. The first-order valence-corrected chi connectivity index (χ1v) is 41.7. The van der Waals surface area contributed by atoms with Crippen LogP contribution in [0.25, 0.3) is 77.8 Å². The van der Waals surface area contributed by atoms with Gasteiger partial charge in [-0.05, 0) is 201 Å². The van der Waals surface area contributed by atoms with Gasteiger partial charge in [0.05, 0.1) is 11.7 Å². The van der Waals surface area contributed by atoms with Crippen LogP contribution in [0.4, 0.5) is 42.9 Å². The monoisotopic (exact) mass is 1430 g/mol. The second kappa shape index (κ2) is 35.6. The number of anilines is 6. The summed E-state index contributed by atoms with van der Waals surface area (Å²) in [7, 11) is 0.